The number of piperidine rings is 1. The maximum atomic E-state index is 12.9. The van der Waals surface area contributed by atoms with Gasteiger partial charge in [0.2, 0.25) is 5.91 Å². The Morgan fingerprint density at radius 2 is 1.94 bits per heavy atom. The molecule has 2 fully saturated rings. The fourth-order valence-corrected chi connectivity index (χ4v) is 5.36. The fourth-order valence-electron chi connectivity index (χ4n) is 4.38. The molecule has 2 amide bonds. The molecule has 1 aromatic carbocycles. The van der Waals surface area contributed by atoms with E-state index in [2.05, 4.69) is 21.5 Å². The summed E-state index contributed by atoms with van der Waals surface area (Å²) in [5.74, 6) is 0.292. The zero-order chi connectivity index (χ0) is 21.9. The van der Waals surface area contributed by atoms with Crippen LogP contribution in [0.5, 0.6) is 0 Å². The third-order valence-corrected chi connectivity index (χ3v) is 7.25. The number of carbonyl (C=O) groups excluding carboxylic acids is 2. The van der Waals surface area contributed by atoms with Crippen LogP contribution in [0.15, 0.2) is 35.8 Å². The summed E-state index contributed by atoms with van der Waals surface area (Å²) in [5.41, 5.74) is 5.48. The van der Waals surface area contributed by atoms with Gasteiger partial charge in [0.15, 0.2) is 0 Å². The van der Waals surface area contributed by atoms with Crippen LogP contribution in [0, 0.1) is 0 Å². The molecule has 0 radical (unpaired) electrons. The Balaban J connectivity index is 1.14. The molecule has 32 heavy (non-hydrogen) atoms. The molecule has 5 rings (SSSR count). The molecule has 2 saturated heterocycles. The van der Waals surface area contributed by atoms with Crippen molar-refractivity contribution in [2.45, 2.75) is 25.2 Å². The first-order chi connectivity index (χ1) is 15.7. The van der Waals surface area contributed by atoms with E-state index in [1.165, 1.54) is 11.3 Å². The van der Waals surface area contributed by atoms with Gasteiger partial charge in [-0.05, 0) is 24.5 Å². The molecule has 3 aromatic rings. The van der Waals surface area contributed by atoms with Crippen molar-refractivity contribution in [2.75, 3.05) is 39.4 Å². The lowest BCUT2D eigenvalue weighted by atomic mass is 9.97. The number of aromatic amines is 1. The van der Waals surface area contributed by atoms with Gasteiger partial charge in [-0.2, -0.15) is 0 Å². The van der Waals surface area contributed by atoms with Gasteiger partial charge in [-0.3, -0.25) is 15.0 Å². The molecule has 0 spiro atoms. The number of H-pyrrole nitrogens is 1. The number of likely N-dealkylation sites (tertiary alicyclic amines) is 1. The molecule has 9 heteroatoms. The Morgan fingerprint density at radius 1 is 1.16 bits per heavy atom. The highest BCUT2D eigenvalue weighted by atomic mass is 32.1. The summed E-state index contributed by atoms with van der Waals surface area (Å²) < 4.78 is 5.31. The van der Waals surface area contributed by atoms with Gasteiger partial charge in [0.25, 0.3) is 5.91 Å². The average Bonchev–Trinajstić information content (AvgIpc) is 3.48. The van der Waals surface area contributed by atoms with E-state index >= 15 is 0 Å². The molecule has 2 N–H and O–H groups in total. The highest BCUT2D eigenvalue weighted by Crippen LogP contribution is 2.31. The number of carbonyl (C=O) groups is 2. The van der Waals surface area contributed by atoms with Crippen molar-refractivity contribution in [1.82, 2.24) is 25.3 Å². The number of thiazole rings is 1. The van der Waals surface area contributed by atoms with E-state index in [1.807, 2.05) is 39.7 Å². The van der Waals surface area contributed by atoms with E-state index in [0.29, 0.717) is 44.3 Å². The lowest BCUT2D eigenvalue weighted by molar-refractivity contribution is -0.131. The second kappa shape index (κ2) is 9.40. The minimum absolute atomic E-state index is 0.165. The van der Waals surface area contributed by atoms with E-state index in [0.717, 1.165) is 47.4 Å². The molecule has 8 nitrogen and oxygen atoms in total. The first-order valence-corrected chi connectivity index (χ1v) is 12.0. The average molecular weight is 454 g/mol. The van der Waals surface area contributed by atoms with Crippen molar-refractivity contribution < 1.29 is 14.3 Å². The minimum atomic E-state index is -0.166. The van der Waals surface area contributed by atoms with E-state index < -0.39 is 0 Å². The summed E-state index contributed by atoms with van der Waals surface area (Å²) in [6.07, 6.45) is 4.10. The molecule has 0 bridgehead atoms. The molecule has 4 heterocycles. The number of rotatable bonds is 5. The van der Waals surface area contributed by atoms with E-state index in [4.69, 9.17) is 4.74 Å². The number of hydrogen-bond acceptors (Lipinski definition) is 6. The number of morpholine rings is 1. The first-order valence-electron chi connectivity index (χ1n) is 11.1. The number of benzene rings is 1. The molecule has 2 aliphatic heterocycles. The molecular weight excluding hydrogens is 426 g/mol. The van der Waals surface area contributed by atoms with E-state index in [9.17, 15) is 9.59 Å². The third kappa shape index (κ3) is 4.55. The van der Waals surface area contributed by atoms with Gasteiger partial charge in [0, 0.05) is 54.6 Å². The molecule has 2 aromatic heterocycles. The Kier molecular flexibility index (Phi) is 6.20. The summed E-state index contributed by atoms with van der Waals surface area (Å²) in [5, 5.41) is 5.81. The Bertz CT molecular complexity index is 1100. The van der Waals surface area contributed by atoms with Gasteiger partial charge in [-0.1, -0.05) is 18.2 Å². The van der Waals surface area contributed by atoms with Crippen LogP contribution in [0.4, 0.5) is 0 Å². The summed E-state index contributed by atoms with van der Waals surface area (Å²) in [6.45, 7) is 4.07. The monoisotopic (exact) mass is 453 g/mol. The van der Waals surface area contributed by atoms with Crippen LogP contribution in [-0.2, 0) is 16.0 Å². The van der Waals surface area contributed by atoms with Gasteiger partial charge in [-0.25, -0.2) is 9.99 Å². The Morgan fingerprint density at radius 3 is 2.75 bits per heavy atom. The van der Waals surface area contributed by atoms with E-state index in [1.54, 1.807) is 0 Å². The van der Waals surface area contributed by atoms with Crippen LogP contribution in [0.2, 0.25) is 0 Å². The maximum Gasteiger partial charge on any atom is 0.285 e. The van der Waals surface area contributed by atoms with Crippen LogP contribution in [0.1, 0.15) is 39.8 Å². The second-order valence-corrected chi connectivity index (χ2v) is 9.19. The number of para-hydroxylation sites is 1. The molecular formula is C23H27N5O3S. The maximum absolute atomic E-state index is 12.9. The summed E-state index contributed by atoms with van der Waals surface area (Å²) >= 11 is 1.54. The largest absolute Gasteiger partial charge is 0.379 e. The van der Waals surface area contributed by atoms with Crippen LogP contribution in [-0.4, -0.2) is 71.1 Å². The zero-order valence-electron chi connectivity index (χ0n) is 17.9. The van der Waals surface area contributed by atoms with E-state index in [-0.39, 0.29) is 11.8 Å². The molecule has 168 valence electrons. The number of aromatic nitrogens is 2. The van der Waals surface area contributed by atoms with Gasteiger partial charge in [0.05, 0.1) is 24.6 Å². The number of nitrogens with zero attached hydrogens (tertiary/aromatic N) is 3. The number of hydrazine groups is 1. The standard InChI is InChI=1S/C23H27N5O3S/c29-21(13-17-14-24-19-4-2-1-3-18(17)19)27-7-5-16(6-8-27)23-25-20(15-32-23)22(30)26-28-9-11-31-12-10-28/h1-4,14-16,24H,5-13H2,(H,26,30). The summed E-state index contributed by atoms with van der Waals surface area (Å²) in [7, 11) is 0. The normalized spacial score (nSPS) is 18.2. The van der Waals surface area contributed by atoms with Crippen LogP contribution in [0.25, 0.3) is 10.9 Å². The molecule has 0 saturated carbocycles. The van der Waals surface area contributed by atoms with Crippen molar-refractivity contribution in [2.24, 2.45) is 0 Å². The smallest absolute Gasteiger partial charge is 0.285 e. The molecule has 0 aliphatic carbocycles. The molecule has 0 unspecified atom stereocenters. The molecule has 0 atom stereocenters. The van der Waals surface area contributed by atoms with Crippen molar-refractivity contribution in [3.05, 3.63) is 52.1 Å². The lowest BCUT2D eigenvalue weighted by Gasteiger charge is -2.31. The number of amides is 2. The zero-order valence-corrected chi connectivity index (χ0v) is 18.7. The topological polar surface area (TPSA) is 90.6 Å². The quantitative estimate of drug-likeness (QED) is 0.620. The van der Waals surface area contributed by atoms with Crippen LogP contribution < -0.4 is 5.43 Å². The van der Waals surface area contributed by atoms with Gasteiger partial charge in [-0.15, -0.1) is 11.3 Å². The summed E-state index contributed by atoms with van der Waals surface area (Å²) in [4.78, 5) is 35.2. The van der Waals surface area contributed by atoms with Crippen LogP contribution >= 0.6 is 11.3 Å². The van der Waals surface area contributed by atoms with Gasteiger partial charge in [0.1, 0.15) is 5.69 Å². The van der Waals surface area contributed by atoms with Crippen LogP contribution in [0.3, 0.4) is 0 Å². The van der Waals surface area contributed by atoms with Gasteiger partial charge >= 0.3 is 0 Å². The number of fused-ring (bicyclic) bond motifs is 1. The second-order valence-electron chi connectivity index (χ2n) is 8.30. The predicted molar refractivity (Wildman–Crippen MR) is 123 cm³/mol. The highest BCUT2D eigenvalue weighted by molar-refractivity contribution is 7.09. The van der Waals surface area contributed by atoms with Gasteiger partial charge < -0.3 is 14.6 Å². The highest BCUT2D eigenvalue weighted by Gasteiger charge is 2.27. The third-order valence-electron chi connectivity index (χ3n) is 6.24. The van der Waals surface area contributed by atoms with Crippen molar-refractivity contribution in [1.29, 1.82) is 0 Å². The first kappa shape index (κ1) is 21.1. The predicted octanol–water partition coefficient (Wildman–Crippen LogP) is 2.55. The SMILES string of the molecule is O=C(NN1CCOCC1)c1csc(C2CCN(C(=O)Cc3c[nH]c4ccccc34)CC2)n1. The number of ether oxygens (including phenoxy) is 1. The fraction of sp³-hybridized carbons (Fsp3) is 0.435. The van der Waals surface area contributed by atoms with Crippen molar-refractivity contribution >= 4 is 34.1 Å². The number of nitrogens with one attached hydrogen (secondary N) is 2. The van der Waals surface area contributed by atoms with Crippen molar-refractivity contribution in [3.63, 3.8) is 0 Å². The Labute approximate surface area is 190 Å². The van der Waals surface area contributed by atoms with Crippen molar-refractivity contribution in [3.8, 4) is 0 Å². The minimum Gasteiger partial charge on any atom is -0.379 e. The molecule has 2 aliphatic rings. The lowest BCUT2D eigenvalue weighted by Crippen LogP contribution is -2.48. The summed E-state index contributed by atoms with van der Waals surface area (Å²) in [6, 6.07) is 8.07. The number of hydrogen-bond donors (Lipinski definition) is 2. The Hall–Kier alpha value is -2.75.